The van der Waals surface area contributed by atoms with E-state index in [1.54, 1.807) is 20.8 Å². The number of aryl methyl sites for hydroxylation is 1. The predicted molar refractivity (Wildman–Crippen MR) is 111 cm³/mol. The van der Waals surface area contributed by atoms with Crippen LogP contribution in [0, 0.1) is 46.6 Å². The van der Waals surface area contributed by atoms with Gasteiger partial charge in [-0.15, -0.1) is 0 Å². The number of fused-ring (bicyclic) bond motifs is 5. The highest BCUT2D eigenvalue weighted by atomic mass is 16.6. The Bertz CT molecular complexity index is 1030. The number of nitro groups is 1. The average molecular weight is 440 g/mol. The van der Waals surface area contributed by atoms with Gasteiger partial charge in [-0.1, -0.05) is 38.1 Å². The maximum Gasteiger partial charge on any atom is 0.330 e. The van der Waals surface area contributed by atoms with Gasteiger partial charge in [0, 0.05) is 17.2 Å². The van der Waals surface area contributed by atoms with Crippen LogP contribution in [0.2, 0.25) is 0 Å². The smallest absolute Gasteiger partial charge is 0.330 e. The molecule has 0 unspecified atom stereocenters. The Labute approximate surface area is 184 Å². The molecule has 3 aliphatic rings. The molecule has 2 bridgehead atoms. The lowest BCUT2D eigenvalue weighted by molar-refractivity contribution is -0.385. The summed E-state index contributed by atoms with van der Waals surface area (Å²) in [5.41, 5.74) is 0.246. The second-order valence-electron chi connectivity index (χ2n) is 9.02. The summed E-state index contributed by atoms with van der Waals surface area (Å²) in [4.78, 5) is 63.0. The Balaban J connectivity index is 1.48. The lowest BCUT2D eigenvalue weighted by Gasteiger charge is -2.28. The maximum atomic E-state index is 13.1. The van der Waals surface area contributed by atoms with E-state index in [1.165, 1.54) is 12.1 Å². The molecule has 9 heteroatoms. The van der Waals surface area contributed by atoms with Crippen molar-refractivity contribution < 1.29 is 28.8 Å². The van der Waals surface area contributed by atoms with E-state index in [9.17, 15) is 29.3 Å². The van der Waals surface area contributed by atoms with E-state index in [4.69, 9.17) is 4.74 Å². The second kappa shape index (κ2) is 7.96. The quantitative estimate of drug-likeness (QED) is 0.159. The van der Waals surface area contributed by atoms with Crippen molar-refractivity contribution in [3.8, 4) is 0 Å². The molecular weight excluding hydrogens is 416 g/mol. The van der Waals surface area contributed by atoms with E-state index in [-0.39, 0.29) is 34.9 Å². The third-order valence-corrected chi connectivity index (χ3v) is 6.73. The van der Waals surface area contributed by atoms with E-state index >= 15 is 0 Å². The number of Topliss-reactive ketones (excluding diaryl/α,β-unsaturated/α-hetero) is 1. The summed E-state index contributed by atoms with van der Waals surface area (Å²) in [6.07, 6.45) is 4.74. The minimum Gasteiger partial charge on any atom is -0.456 e. The van der Waals surface area contributed by atoms with Crippen LogP contribution < -0.4 is 0 Å². The summed E-state index contributed by atoms with van der Waals surface area (Å²) in [5.74, 6) is -3.37. The number of carbonyl (C=O) groups excluding carboxylic acids is 4. The van der Waals surface area contributed by atoms with E-state index in [2.05, 4.69) is 0 Å². The number of carbonyl (C=O) groups is 4. The van der Waals surface area contributed by atoms with Gasteiger partial charge >= 0.3 is 5.97 Å². The van der Waals surface area contributed by atoms with Crippen LogP contribution in [-0.4, -0.2) is 46.0 Å². The SMILES string of the molecule is Cc1ccc(C(=O)COC(=O)[C@H](C(C)C)N2C(=O)[C@H]3[C@H](C2=O)[C@H]2C=C[C@H]3C2)cc1[N+](=O)[O-]. The number of imide groups is 1. The summed E-state index contributed by atoms with van der Waals surface area (Å²) < 4.78 is 5.19. The highest BCUT2D eigenvalue weighted by Crippen LogP contribution is 2.53. The first kappa shape index (κ1) is 21.9. The van der Waals surface area contributed by atoms with Crippen molar-refractivity contribution in [3.63, 3.8) is 0 Å². The standard InChI is InChI=1S/C23H24N2O7/c1-11(2)20(24-21(27)18-14-6-7-15(8-14)19(18)22(24)28)23(29)32-10-17(26)13-5-4-12(3)16(9-13)25(30)31/h4-7,9,11,14-15,18-20H,8,10H2,1-3H3/t14-,15-,18+,19+,20-/m0/s1. The molecule has 32 heavy (non-hydrogen) atoms. The van der Waals surface area contributed by atoms with E-state index in [0.717, 1.165) is 17.4 Å². The Kier molecular flexibility index (Phi) is 5.44. The van der Waals surface area contributed by atoms with Gasteiger partial charge in [-0.2, -0.15) is 0 Å². The summed E-state index contributed by atoms with van der Waals surface area (Å²) >= 11 is 0. The van der Waals surface area contributed by atoms with Gasteiger partial charge in [0.05, 0.1) is 16.8 Å². The van der Waals surface area contributed by atoms with Gasteiger partial charge in [-0.25, -0.2) is 4.79 Å². The van der Waals surface area contributed by atoms with Gasteiger partial charge in [0.1, 0.15) is 6.04 Å². The number of ether oxygens (including phenoxy) is 1. The molecule has 9 nitrogen and oxygen atoms in total. The van der Waals surface area contributed by atoms with Crippen LogP contribution in [0.5, 0.6) is 0 Å². The van der Waals surface area contributed by atoms with Crippen LogP contribution >= 0.6 is 0 Å². The number of likely N-dealkylation sites (tertiary alicyclic amines) is 1. The zero-order chi connectivity index (χ0) is 23.3. The molecule has 2 aliphatic carbocycles. The second-order valence-corrected chi connectivity index (χ2v) is 9.02. The molecule has 0 aromatic heterocycles. The highest BCUT2D eigenvalue weighted by molar-refractivity contribution is 6.09. The Morgan fingerprint density at radius 1 is 1.16 bits per heavy atom. The number of rotatable bonds is 7. The van der Waals surface area contributed by atoms with Crippen molar-refractivity contribution in [1.82, 2.24) is 4.90 Å². The number of hydrogen-bond donors (Lipinski definition) is 0. The van der Waals surface area contributed by atoms with Crippen LogP contribution in [-0.2, 0) is 19.1 Å². The fourth-order valence-electron chi connectivity index (χ4n) is 5.16. The van der Waals surface area contributed by atoms with Crippen molar-refractivity contribution in [3.05, 3.63) is 51.6 Å². The van der Waals surface area contributed by atoms with Crippen molar-refractivity contribution in [2.45, 2.75) is 33.2 Å². The summed E-state index contributed by atoms with van der Waals surface area (Å²) in [7, 11) is 0. The lowest BCUT2D eigenvalue weighted by atomic mass is 9.85. The zero-order valence-corrected chi connectivity index (χ0v) is 18.0. The van der Waals surface area contributed by atoms with E-state index in [0.29, 0.717) is 5.56 Å². The first-order valence-electron chi connectivity index (χ1n) is 10.6. The van der Waals surface area contributed by atoms with E-state index < -0.39 is 47.1 Å². The number of nitro benzene ring substituents is 1. The summed E-state index contributed by atoms with van der Waals surface area (Å²) in [5, 5.41) is 11.1. The molecule has 4 rings (SSSR count). The Morgan fingerprint density at radius 2 is 1.75 bits per heavy atom. The van der Waals surface area contributed by atoms with Crippen LogP contribution in [0.25, 0.3) is 0 Å². The third-order valence-electron chi connectivity index (χ3n) is 6.73. The molecule has 1 saturated carbocycles. The lowest BCUT2D eigenvalue weighted by Crippen LogP contribution is -2.50. The number of amides is 2. The van der Waals surface area contributed by atoms with Crippen LogP contribution in [0.15, 0.2) is 30.4 Å². The first-order chi connectivity index (χ1) is 15.1. The van der Waals surface area contributed by atoms with Crippen LogP contribution in [0.1, 0.15) is 36.2 Å². The summed E-state index contributed by atoms with van der Waals surface area (Å²) in [6.45, 7) is 4.33. The number of benzene rings is 1. The first-order valence-corrected chi connectivity index (χ1v) is 10.6. The fraction of sp³-hybridized carbons (Fsp3) is 0.478. The Hall–Kier alpha value is -3.36. The molecule has 1 aliphatic heterocycles. The number of hydrogen-bond acceptors (Lipinski definition) is 7. The van der Waals surface area contributed by atoms with Crippen LogP contribution in [0.3, 0.4) is 0 Å². The minimum atomic E-state index is -1.12. The molecule has 2 amide bonds. The van der Waals surface area contributed by atoms with Gasteiger partial charge < -0.3 is 4.74 Å². The van der Waals surface area contributed by atoms with E-state index in [1.807, 2.05) is 12.2 Å². The van der Waals surface area contributed by atoms with Gasteiger partial charge in [-0.05, 0) is 31.1 Å². The maximum absolute atomic E-state index is 13.1. The van der Waals surface area contributed by atoms with Gasteiger partial charge in [0.2, 0.25) is 17.6 Å². The van der Waals surface area contributed by atoms with Crippen molar-refractivity contribution in [1.29, 1.82) is 0 Å². The average Bonchev–Trinajstić information content (AvgIpc) is 3.42. The van der Waals surface area contributed by atoms with Crippen molar-refractivity contribution in [2.24, 2.45) is 29.6 Å². The third kappa shape index (κ3) is 3.41. The largest absolute Gasteiger partial charge is 0.456 e. The number of allylic oxidation sites excluding steroid dienone is 2. The Morgan fingerprint density at radius 3 is 2.28 bits per heavy atom. The minimum absolute atomic E-state index is 0.0224. The van der Waals surface area contributed by atoms with Gasteiger partial charge in [0.25, 0.3) is 5.69 Å². The zero-order valence-electron chi connectivity index (χ0n) is 18.0. The molecule has 2 fully saturated rings. The van der Waals surface area contributed by atoms with Crippen molar-refractivity contribution >= 4 is 29.3 Å². The molecule has 1 aromatic rings. The fourth-order valence-corrected chi connectivity index (χ4v) is 5.16. The highest BCUT2D eigenvalue weighted by Gasteiger charge is 2.61. The number of esters is 1. The monoisotopic (exact) mass is 440 g/mol. The molecule has 168 valence electrons. The topological polar surface area (TPSA) is 124 Å². The van der Waals surface area contributed by atoms with Crippen LogP contribution in [0.4, 0.5) is 5.69 Å². The molecule has 1 saturated heterocycles. The predicted octanol–water partition coefficient (Wildman–Crippen LogP) is 2.46. The molecule has 5 atom stereocenters. The molecule has 1 heterocycles. The molecule has 0 radical (unpaired) electrons. The normalized spacial score (nSPS) is 26.6. The van der Waals surface area contributed by atoms with Gasteiger partial charge in [0.15, 0.2) is 6.61 Å². The summed E-state index contributed by atoms with van der Waals surface area (Å²) in [6, 6.07) is 2.89. The number of ketones is 1. The van der Waals surface area contributed by atoms with Crippen molar-refractivity contribution in [2.75, 3.05) is 6.61 Å². The van der Waals surface area contributed by atoms with Gasteiger partial charge in [-0.3, -0.25) is 29.4 Å². The number of nitrogens with zero attached hydrogens (tertiary/aromatic N) is 2. The molecule has 0 N–H and O–H groups in total. The molecule has 0 spiro atoms. The molecular formula is C23H24N2O7. The molecule has 1 aromatic carbocycles.